The summed E-state index contributed by atoms with van der Waals surface area (Å²) in [5.74, 6) is 0.315. The van der Waals surface area contributed by atoms with Gasteiger partial charge in [0.05, 0.1) is 11.5 Å². The van der Waals surface area contributed by atoms with Crippen LogP contribution in [-0.2, 0) is 4.74 Å². The molecule has 80 valence electrons. The van der Waals surface area contributed by atoms with Crippen LogP contribution < -0.4 is 4.74 Å². The molecule has 0 bridgehead atoms. The lowest BCUT2D eigenvalue weighted by molar-refractivity contribution is -0.385. The van der Waals surface area contributed by atoms with Gasteiger partial charge in [0.25, 0.3) is 0 Å². The zero-order valence-corrected chi connectivity index (χ0v) is 8.30. The second-order valence-electron chi connectivity index (χ2n) is 3.49. The van der Waals surface area contributed by atoms with Crippen LogP contribution in [-0.4, -0.2) is 24.2 Å². The van der Waals surface area contributed by atoms with Crippen LogP contribution in [0.1, 0.15) is 5.56 Å². The first-order valence-corrected chi connectivity index (χ1v) is 4.66. The predicted octanol–water partition coefficient (Wildman–Crippen LogP) is 1.68. The summed E-state index contributed by atoms with van der Waals surface area (Å²) in [5, 5.41) is 10.7. The Balaban J connectivity index is 2.16. The zero-order chi connectivity index (χ0) is 10.8. The van der Waals surface area contributed by atoms with Gasteiger partial charge in [-0.25, -0.2) is 0 Å². The first kappa shape index (κ1) is 9.92. The molecular weight excluding hydrogens is 198 g/mol. The lowest BCUT2D eigenvalue weighted by atomic mass is 10.2. The van der Waals surface area contributed by atoms with E-state index in [0.717, 1.165) is 5.56 Å². The van der Waals surface area contributed by atoms with Gasteiger partial charge in [-0.3, -0.25) is 10.1 Å². The van der Waals surface area contributed by atoms with Gasteiger partial charge in [-0.05, 0) is 18.6 Å². The molecule has 5 heteroatoms. The summed E-state index contributed by atoms with van der Waals surface area (Å²) in [6, 6.07) is 4.82. The summed E-state index contributed by atoms with van der Waals surface area (Å²) in [6.45, 7) is 2.92. The third-order valence-electron chi connectivity index (χ3n) is 2.14. The lowest BCUT2D eigenvalue weighted by Gasteiger charge is -2.05. The molecule has 0 unspecified atom stereocenters. The molecule has 1 saturated heterocycles. The summed E-state index contributed by atoms with van der Waals surface area (Å²) in [4.78, 5) is 10.2. The first-order chi connectivity index (χ1) is 7.16. The molecule has 0 spiro atoms. The largest absolute Gasteiger partial charge is 0.484 e. The molecule has 0 aliphatic carbocycles. The maximum atomic E-state index is 10.7. The topological polar surface area (TPSA) is 64.9 Å². The van der Waals surface area contributed by atoms with Crippen molar-refractivity contribution in [3.63, 3.8) is 0 Å². The van der Waals surface area contributed by atoms with Gasteiger partial charge in [0.15, 0.2) is 5.75 Å². The number of hydrogen-bond donors (Lipinski definition) is 0. The summed E-state index contributed by atoms with van der Waals surface area (Å²) in [5.41, 5.74) is 0.938. The number of aryl methyl sites for hydroxylation is 1. The highest BCUT2D eigenvalue weighted by Gasteiger charge is 2.25. The molecule has 1 atom stereocenters. The Morgan fingerprint density at radius 2 is 2.40 bits per heavy atom. The Hall–Kier alpha value is -1.62. The molecule has 1 aromatic rings. The number of rotatable bonds is 4. The normalized spacial score (nSPS) is 18.6. The van der Waals surface area contributed by atoms with Crippen molar-refractivity contribution in [3.8, 4) is 5.75 Å². The summed E-state index contributed by atoms with van der Waals surface area (Å²) >= 11 is 0. The third-order valence-corrected chi connectivity index (χ3v) is 2.14. The van der Waals surface area contributed by atoms with E-state index in [1.165, 1.54) is 6.07 Å². The van der Waals surface area contributed by atoms with Gasteiger partial charge in [-0.2, -0.15) is 0 Å². The van der Waals surface area contributed by atoms with Crippen molar-refractivity contribution in [2.24, 2.45) is 0 Å². The molecule has 1 aliphatic heterocycles. The molecule has 0 radical (unpaired) electrons. The number of nitro benzene ring substituents is 1. The summed E-state index contributed by atoms with van der Waals surface area (Å²) in [7, 11) is 0. The van der Waals surface area contributed by atoms with E-state index >= 15 is 0 Å². The molecule has 5 nitrogen and oxygen atoms in total. The Bertz CT molecular complexity index is 387. The highest BCUT2D eigenvalue weighted by atomic mass is 16.6. The molecule has 0 amide bonds. The molecule has 1 fully saturated rings. The van der Waals surface area contributed by atoms with Crippen molar-refractivity contribution in [3.05, 3.63) is 33.9 Å². The maximum Gasteiger partial charge on any atom is 0.310 e. The van der Waals surface area contributed by atoms with Crippen molar-refractivity contribution in [1.29, 1.82) is 0 Å². The zero-order valence-electron chi connectivity index (χ0n) is 8.30. The molecule has 1 aromatic carbocycles. The SMILES string of the molecule is Cc1ccc([N+](=O)[O-])c(OC[C@@H]2CO2)c1. The van der Waals surface area contributed by atoms with Crippen molar-refractivity contribution < 1.29 is 14.4 Å². The minimum Gasteiger partial charge on any atom is -0.484 e. The van der Waals surface area contributed by atoms with Crippen molar-refractivity contribution >= 4 is 5.69 Å². The lowest BCUT2D eigenvalue weighted by Crippen LogP contribution is -2.06. The van der Waals surface area contributed by atoms with E-state index in [4.69, 9.17) is 9.47 Å². The summed E-state index contributed by atoms with van der Waals surface area (Å²) < 4.78 is 10.3. The monoisotopic (exact) mass is 209 g/mol. The van der Waals surface area contributed by atoms with Gasteiger partial charge in [0.1, 0.15) is 12.7 Å². The van der Waals surface area contributed by atoms with Gasteiger partial charge < -0.3 is 9.47 Å². The van der Waals surface area contributed by atoms with Gasteiger partial charge in [0.2, 0.25) is 0 Å². The van der Waals surface area contributed by atoms with E-state index in [-0.39, 0.29) is 11.8 Å². The van der Waals surface area contributed by atoms with Crippen molar-refractivity contribution in [2.75, 3.05) is 13.2 Å². The quantitative estimate of drug-likeness (QED) is 0.430. The molecule has 0 aromatic heterocycles. The van der Waals surface area contributed by atoms with Crippen molar-refractivity contribution in [1.82, 2.24) is 0 Å². The third kappa shape index (κ3) is 2.44. The fraction of sp³-hybridized carbons (Fsp3) is 0.400. The minimum absolute atomic E-state index is 0.00116. The van der Waals surface area contributed by atoms with Gasteiger partial charge >= 0.3 is 5.69 Å². The number of nitro groups is 1. The molecule has 2 rings (SSSR count). The smallest absolute Gasteiger partial charge is 0.310 e. The molecule has 0 N–H and O–H groups in total. The van der Waals surface area contributed by atoms with Crippen LogP contribution in [0.4, 0.5) is 5.69 Å². The van der Waals surface area contributed by atoms with Crippen LogP contribution in [0, 0.1) is 17.0 Å². The Labute approximate surface area is 86.8 Å². The average Bonchev–Trinajstić information content (AvgIpc) is 2.97. The van der Waals surface area contributed by atoms with Crippen LogP contribution in [0.5, 0.6) is 5.75 Å². The van der Waals surface area contributed by atoms with E-state index in [2.05, 4.69) is 0 Å². The number of nitrogens with zero attached hydrogens (tertiary/aromatic N) is 1. The fourth-order valence-electron chi connectivity index (χ4n) is 1.23. The van der Waals surface area contributed by atoms with Crippen LogP contribution in [0.25, 0.3) is 0 Å². The highest BCUT2D eigenvalue weighted by molar-refractivity contribution is 5.48. The first-order valence-electron chi connectivity index (χ1n) is 4.66. The second-order valence-corrected chi connectivity index (χ2v) is 3.49. The second kappa shape index (κ2) is 3.86. The highest BCUT2D eigenvalue weighted by Crippen LogP contribution is 2.28. The molecular formula is C10H11NO4. The van der Waals surface area contributed by atoms with Gasteiger partial charge in [-0.15, -0.1) is 0 Å². The average molecular weight is 209 g/mol. The van der Waals surface area contributed by atoms with E-state index in [9.17, 15) is 10.1 Å². The van der Waals surface area contributed by atoms with E-state index in [0.29, 0.717) is 19.0 Å². The number of benzene rings is 1. The van der Waals surface area contributed by atoms with Crippen LogP contribution in [0.3, 0.4) is 0 Å². The Kier molecular flexibility index (Phi) is 2.55. The van der Waals surface area contributed by atoms with Crippen LogP contribution in [0.2, 0.25) is 0 Å². The van der Waals surface area contributed by atoms with E-state index in [1.807, 2.05) is 6.92 Å². The number of ether oxygens (including phenoxy) is 2. The minimum atomic E-state index is -0.442. The maximum absolute atomic E-state index is 10.7. The van der Waals surface area contributed by atoms with E-state index < -0.39 is 4.92 Å². The molecule has 1 aliphatic rings. The molecule has 15 heavy (non-hydrogen) atoms. The predicted molar refractivity (Wildman–Crippen MR) is 53.1 cm³/mol. The Morgan fingerprint density at radius 1 is 1.67 bits per heavy atom. The molecule has 0 saturated carbocycles. The van der Waals surface area contributed by atoms with Crippen LogP contribution in [0.15, 0.2) is 18.2 Å². The standard InChI is InChI=1S/C10H11NO4/c1-7-2-3-9(11(12)13)10(4-7)15-6-8-5-14-8/h2-4,8H,5-6H2,1H3/t8-/m0/s1. The van der Waals surface area contributed by atoms with Gasteiger partial charge in [0, 0.05) is 6.07 Å². The van der Waals surface area contributed by atoms with Gasteiger partial charge in [-0.1, -0.05) is 6.07 Å². The van der Waals surface area contributed by atoms with E-state index in [1.54, 1.807) is 12.1 Å². The molecule has 1 heterocycles. The fourth-order valence-corrected chi connectivity index (χ4v) is 1.23. The summed E-state index contributed by atoms with van der Waals surface area (Å²) in [6.07, 6.45) is 0.102. The number of hydrogen-bond acceptors (Lipinski definition) is 4. The van der Waals surface area contributed by atoms with Crippen molar-refractivity contribution in [2.45, 2.75) is 13.0 Å². The van der Waals surface area contributed by atoms with Crippen LogP contribution >= 0.6 is 0 Å². The number of epoxide rings is 1. The Morgan fingerprint density at radius 3 is 3.00 bits per heavy atom.